The van der Waals surface area contributed by atoms with Crippen molar-refractivity contribution in [3.8, 4) is 11.3 Å². The number of carbonyl (C=O) groups is 1. The highest BCUT2D eigenvalue weighted by Gasteiger charge is 2.15. The number of hydrogen-bond acceptors (Lipinski definition) is 5. The van der Waals surface area contributed by atoms with Crippen LogP contribution in [0.1, 0.15) is 0 Å². The number of halogens is 1. The fourth-order valence-corrected chi connectivity index (χ4v) is 3.19. The molecule has 1 N–H and O–H groups in total. The molecular formula is C18H15FN4O3S. The Morgan fingerprint density at radius 1 is 1.30 bits per heavy atom. The lowest BCUT2D eigenvalue weighted by Gasteiger charge is -2.07. The van der Waals surface area contributed by atoms with Crippen LogP contribution in [-0.4, -0.2) is 26.1 Å². The highest BCUT2D eigenvalue weighted by Crippen LogP contribution is 2.25. The molecule has 2 aromatic carbocycles. The first kappa shape index (κ1) is 18.6. The Bertz CT molecular complexity index is 992. The first-order chi connectivity index (χ1) is 13.0. The molecule has 0 atom stereocenters. The normalized spacial score (nSPS) is 10.6. The highest BCUT2D eigenvalue weighted by molar-refractivity contribution is 7.99. The molecule has 0 saturated heterocycles. The number of nitro groups is 1. The van der Waals surface area contributed by atoms with Crippen LogP contribution in [0.25, 0.3) is 11.3 Å². The van der Waals surface area contributed by atoms with E-state index in [1.807, 2.05) is 41.9 Å². The van der Waals surface area contributed by atoms with Crippen LogP contribution in [-0.2, 0) is 11.8 Å². The molecule has 0 fully saturated rings. The topological polar surface area (TPSA) is 90.1 Å². The molecule has 3 aromatic rings. The zero-order valence-electron chi connectivity index (χ0n) is 14.3. The quantitative estimate of drug-likeness (QED) is 0.395. The SMILES string of the molecule is Cn1c(-c2ccccc2)cnc1SCC(=O)Nc1cc([N+](=O)[O-])ccc1F. The fraction of sp³-hybridized carbons (Fsp3) is 0.111. The number of carbonyl (C=O) groups excluding carboxylic acids is 1. The van der Waals surface area contributed by atoms with Crippen LogP contribution in [0.3, 0.4) is 0 Å². The Morgan fingerprint density at radius 3 is 2.74 bits per heavy atom. The van der Waals surface area contributed by atoms with Crippen molar-refractivity contribution >= 4 is 29.0 Å². The second-order valence-corrected chi connectivity index (χ2v) is 6.55. The minimum absolute atomic E-state index is 0.0127. The first-order valence-corrected chi connectivity index (χ1v) is 8.88. The summed E-state index contributed by atoms with van der Waals surface area (Å²) in [5.74, 6) is -1.23. The summed E-state index contributed by atoms with van der Waals surface area (Å²) in [6, 6.07) is 12.7. The van der Waals surface area contributed by atoms with E-state index in [1.54, 1.807) is 6.20 Å². The van der Waals surface area contributed by atoms with Gasteiger partial charge in [-0.3, -0.25) is 14.9 Å². The molecular weight excluding hydrogens is 371 g/mol. The van der Waals surface area contributed by atoms with Crippen LogP contribution >= 0.6 is 11.8 Å². The summed E-state index contributed by atoms with van der Waals surface area (Å²) in [6.45, 7) is 0. The van der Waals surface area contributed by atoms with E-state index in [4.69, 9.17) is 0 Å². The maximum absolute atomic E-state index is 13.8. The van der Waals surface area contributed by atoms with Crippen molar-refractivity contribution in [1.29, 1.82) is 0 Å². The summed E-state index contributed by atoms with van der Waals surface area (Å²) in [6.07, 6.45) is 1.72. The van der Waals surface area contributed by atoms with Gasteiger partial charge in [0.25, 0.3) is 5.69 Å². The van der Waals surface area contributed by atoms with Gasteiger partial charge in [0.05, 0.1) is 28.3 Å². The van der Waals surface area contributed by atoms with Gasteiger partial charge in [0.2, 0.25) is 5.91 Å². The number of aromatic nitrogens is 2. The maximum Gasteiger partial charge on any atom is 0.271 e. The number of imidazole rings is 1. The number of nitrogens with one attached hydrogen (secondary N) is 1. The predicted molar refractivity (Wildman–Crippen MR) is 101 cm³/mol. The van der Waals surface area contributed by atoms with Gasteiger partial charge in [0.1, 0.15) is 5.82 Å². The van der Waals surface area contributed by atoms with E-state index in [0.29, 0.717) is 5.16 Å². The summed E-state index contributed by atoms with van der Waals surface area (Å²) in [7, 11) is 1.84. The third kappa shape index (κ3) is 4.32. The van der Waals surface area contributed by atoms with Crippen LogP contribution in [0, 0.1) is 15.9 Å². The van der Waals surface area contributed by atoms with E-state index in [9.17, 15) is 19.3 Å². The smallest absolute Gasteiger partial charge is 0.271 e. The Kier molecular flexibility index (Phi) is 5.51. The van der Waals surface area contributed by atoms with E-state index >= 15 is 0 Å². The summed E-state index contributed by atoms with van der Waals surface area (Å²) in [5.41, 5.74) is 1.39. The molecule has 0 saturated carbocycles. The highest BCUT2D eigenvalue weighted by atomic mass is 32.2. The van der Waals surface area contributed by atoms with E-state index in [1.165, 1.54) is 11.8 Å². The minimum atomic E-state index is -0.734. The molecule has 0 unspecified atom stereocenters. The average molecular weight is 386 g/mol. The number of non-ortho nitro benzene ring substituents is 1. The molecule has 7 nitrogen and oxygen atoms in total. The van der Waals surface area contributed by atoms with Gasteiger partial charge in [-0.1, -0.05) is 42.1 Å². The van der Waals surface area contributed by atoms with Crippen molar-refractivity contribution in [2.75, 3.05) is 11.1 Å². The third-order valence-corrected chi connectivity index (χ3v) is 4.83. The van der Waals surface area contributed by atoms with Crippen LogP contribution in [0.5, 0.6) is 0 Å². The van der Waals surface area contributed by atoms with Gasteiger partial charge in [0.15, 0.2) is 5.16 Å². The minimum Gasteiger partial charge on any atom is -0.323 e. The van der Waals surface area contributed by atoms with Crippen LogP contribution in [0.4, 0.5) is 15.8 Å². The lowest BCUT2D eigenvalue weighted by molar-refractivity contribution is -0.384. The Hall–Kier alpha value is -3.20. The first-order valence-electron chi connectivity index (χ1n) is 7.89. The number of hydrogen-bond donors (Lipinski definition) is 1. The molecule has 3 rings (SSSR count). The zero-order valence-corrected chi connectivity index (χ0v) is 15.1. The van der Waals surface area contributed by atoms with Gasteiger partial charge >= 0.3 is 0 Å². The van der Waals surface area contributed by atoms with Crippen molar-refractivity contribution in [3.05, 3.63) is 70.7 Å². The maximum atomic E-state index is 13.8. The molecule has 1 aromatic heterocycles. The van der Waals surface area contributed by atoms with Crippen molar-refractivity contribution in [2.45, 2.75) is 5.16 Å². The molecule has 0 bridgehead atoms. The van der Waals surface area contributed by atoms with Crippen molar-refractivity contribution in [1.82, 2.24) is 9.55 Å². The molecule has 9 heteroatoms. The largest absolute Gasteiger partial charge is 0.323 e. The molecule has 1 amide bonds. The molecule has 138 valence electrons. The number of thioether (sulfide) groups is 1. The number of benzene rings is 2. The van der Waals surface area contributed by atoms with Gasteiger partial charge < -0.3 is 9.88 Å². The second-order valence-electron chi connectivity index (χ2n) is 5.61. The molecule has 0 aliphatic carbocycles. The fourth-order valence-electron chi connectivity index (χ4n) is 2.44. The van der Waals surface area contributed by atoms with Crippen LogP contribution in [0.15, 0.2) is 59.9 Å². The van der Waals surface area contributed by atoms with Crippen molar-refractivity contribution in [2.24, 2.45) is 7.05 Å². The van der Waals surface area contributed by atoms with Gasteiger partial charge in [0, 0.05) is 19.2 Å². The van der Waals surface area contributed by atoms with Crippen LogP contribution < -0.4 is 5.32 Å². The van der Waals surface area contributed by atoms with E-state index in [-0.39, 0.29) is 17.1 Å². The standard InChI is InChI=1S/C18H15FN4O3S/c1-22-16(12-5-3-2-4-6-12)10-20-18(22)27-11-17(24)21-15-9-13(23(25)26)7-8-14(15)19/h2-10H,11H2,1H3,(H,21,24). The molecule has 0 aliphatic rings. The summed E-state index contributed by atoms with van der Waals surface area (Å²) < 4.78 is 15.6. The lowest BCUT2D eigenvalue weighted by Crippen LogP contribution is -2.15. The third-order valence-electron chi connectivity index (χ3n) is 3.78. The average Bonchev–Trinajstić information content (AvgIpc) is 3.03. The monoisotopic (exact) mass is 386 g/mol. The Morgan fingerprint density at radius 2 is 2.04 bits per heavy atom. The van der Waals surface area contributed by atoms with Crippen molar-refractivity contribution in [3.63, 3.8) is 0 Å². The van der Waals surface area contributed by atoms with E-state index < -0.39 is 16.6 Å². The number of anilines is 1. The van der Waals surface area contributed by atoms with Crippen molar-refractivity contribution < 1.29 is 14.1 Å². The molecule has 0 spiro atoms. The van der Waals surface area contributed by atoms with Gasteiger partial charge in [-0.15, -0.1) is 0 Å². The Balaban J connectivity index is 1.66. The Labute approximate surface area is 158 Å². The number of nitrogens with zero attached hydrogens (tertiary/aromatic N) is 3. The molecule has 1 heterocycles. The number of amides is 1. The lowest BCUT2D eigenvalue weighted by atomic mass is 10.2. The van der Waals surface area contributed by atoms with Gasteiger partial charge in [-0.25, -0.2) is 9.37 Å². The predicted octanol–water partition coefficient (Wildman–Crippen LogP) is 3.87. The van der Waals surface area contributed by atoms with E-state index in [0.717, 1.165) is 29.5 Å². The van der Waals surface area contributed by atoms with Crippen LogP contribution in [0.2, 0.25) is 0 Å². The summed E-state index contributed by atoms with van der Waals surface area (Å²) in [4.78, 5) is 26.5. The molecule has 0 radical (unpaired) electrons. The van der Waals surface area contributed by atoms with Gasteiger partial charge in [-0.2, -0.15) is 0 Å². The number of rotatable bonds is 6. The molecule has 0 aliphatic heterocycles. The molecule has 27 heavy (non-hydrogen) atoms. The van der Waals surface area contributed by atoms with Gasteiger partial charge in [-0.05, 0) is 11.6 Å². The van der Waals surface area contributed by atoms with E-state index in [2.05, 4.69) is 10.3 Å². The zero-order chi connectivity index (χ0) is 19.4. The number of nitro benzene ring substituents is 1. The summed E-state index contributed by atoms with van der Waals surface area (Å²) in [5, 5.41) is 13.8. The summed E-state index contributed by atoms with van der Waals surface area (Å²) >= 11 is 1.19. The second kappa shape index (κ2) is 8.00.